The summed E-state index contributed by atoms with van der Waals surface area (Å²) in [6, 6.07) is 7.69. The van der Waals surface area contributed by atoms with Gasteiger partial charge in [0.1, 0.15) is 11.8 Å². The van der Waals surface area contributed by atoms with Crippen molar-refractivity contribution in [3.05, 3.63) is 42.5 Å². The Bertz CT molecular complexity index is 1070. The number of nitrogens with one attached hydrogen (secondary N) is 2. The Hall–Kier alpha value is -3.49. The van der Waals surface area contributed by atoms with Gasteiger partial charge >= 0.3 is 0 Å². The maximum Gasteiger partial charge on any atom is 0.232 e. The van der Waals surface area contributed by atoms with Crippen molar-refractivity contribution in [1.82, 2.24) is 24.8 Å². The smallest absolute Gasteiger partial charge is 0.232 e. The Kier molecular flexibility index (Phi) is 4.34. The Morgan fingerprint density at radius 2 is 1.93 bits per heavy atom. The van der Waals surface area contributed by atoms with E-state index in [9.17, 15) is 9.59 Å². The molecule has 0 saturated carbocycles. The summed E-state index contributed by atoms with van der Waals surface area (Å²) in [7, 11) is 0. The fourth-order valence-corrected chi connectivity index (χ4v) is 4.15. The van der Waals surface area contributed by atoms with Gasteiger partial charge in [-0.3, -0.25) is 9.59 Å². The van der Waals surface area contributed by atoms with E-state index in [0.29, 0.717) is 44.7 Å². The molecule has 2 aliphatic heterocycles. The minimum atomic E-state index is -0.244. The zero-order valence-electron chi connectivity index (χ0n) is 15.8. The van der Waals surface area contributed by atoms with E-state index in [-0.39, 0.29) is 17.7 Å². The molecule has 2 aromatic heterocycles. The summed E-state index contributed by atoms with van der Waals surface area (Å²) in [5, 5.41) is 2.90. The Morgan fingerprint density at radius 1 is 1.10 bits per heavy atom. The lowest BCUT2D eigenvalue weighted by molar-refractivity contribution is -0.131. The lowest BCUT2D eigenvalue weighted by atomic mass is 9.95. The third-order valence-electron chi connectivity index (χ3n) is 5.69. The number of aromatic amines is 1. The minimum absolute atomic E-state index is 0.0174. The average Bonchev–Trinajstić information content (AvgIpc) is 3.35. The first-order chi connectivity index (χ1) is 14.2. The third-order valence-corrected chi connectivity index (χ3v) is 5.69. The first-order valence-electron chi connectivity index (χ1n) is 9.77. The van der Waals surface area contributed by atoms with Crippen LogP contribution in [0, 0.1) is 0 Å². The second-order valence-electron chi connectivity index (χ2n) is 7.33. The number of hydrogen-bond donors (Lipinski definition) is 2. The van der Waals surface area contributed by atoms with Crippen LogP contribution in [-0.2, 0) is 9.59 Å². The largest absolute Gasteiger partial charge is 0.351 e. The third kappa shape index (κ3) is 3.18. The molecule has 0 aliphatic carbocycles. The first kappa shape index (κ1) is 17.6. The van der Waals surface area contributed by atoms with Gasteiger partial charge < -0.3 is 20.1 Å². The molecular formula is C20H21N7O2. The van der Waals surface area contributed by atoms with Crippen LogP contribution in [0.15, 0.2) is 36.9 Å². The summed E-state index contributed by atoms with van der Waals surface area (Å²) in [6.07, 6.45) is 4.02. The van der Waals surface area contributed by atoms with Gasteiger partial charge in [-0.15, -0.1) is 0 Å². The van der Waals surface area contributed by atoms with Crippen molar-refractivity contribution in [3.8, 4) is 0 Å². The summed E-state index contributed by atoms with van der Waals surface area (Å²) in [4.78, 5) is 44.8. The molecule has 2 amide bonds. The number of amides is 2. The van der Waals surface area contributed by atoms with E-state index in [1.54, 1.807) is 6.33 Å². The second-order valence-corrected chi connectivity index (χ2v) is 7.33. The van der Waals surface area contributed by atoms with Gasteiger partial charge in [-0.25, -0.2) is 15.0 Å². The van der Waals surface area contributed by atoms with Crippen LogP contribution in [-0.4, -0.2) is 62.8 Å². The average molecular weight is 391 g/mol. The SMILES string of the molecule is O=C1Nc2ccccc2[C@H]1CCC(=O)N1CCN(c2ncnc3nc[nH]c23)CC1. The number of H-pyrrole nitrogens is 1. The number of imidazole rings is 1. The summed E-state index contributed by atoms with van der Waals surface area (Å²) in [6.45, 7) is 2.66. The molecular weight excluding hydrogens is 370 g/mol. The summed E-state index contributed by atoms with van der Waals surface area (Å²) >= 11 is 0. The van der Waals surface area contributed by atoms with Crippen molar-refractivity contribution in [2.45, 2.75) is 18.8 Å². The topological polar surface area (TPSA) is 107 Å². The van der Waals surface area contributed by atoms with Gasteiger partial charge in [-0.1, -0.05) is 18.2 Å². The number of rotatable bonds is 4. The van der Waals surface area contributed by atoms with Crippen LogP contribution in [0.1, 0.15) is 24.3 Å². The van der Waals surface area contributed by atoms with Crippen molar-refractivity contribution in [2.75, 3.05) is 36.4 Å². The Balaban J connectivity index is 1.19. The lowest BCUT2D eigenvalue weighted by Gasteiger charge is -2.35. The zero-order valence-corrected chi connectivity index (χ0v) is 15.8. The number of benzene rings is 1. The molecule has 2 aliphatic rings. The highest BCUT2D eigenvalue weighted by atomic mass is 16.2. The molecule has 5 rings (SSSR count). The molecule has 4 heterocycles. The zero-order chi connectivity index (χ0) is 19.8. The van der Waals surface area contributed by atoms with E-state index >= 15 is 0 Å². The van der Waals surface area contributed by atoms with E-state index in [0.717, 1.165) is 22.6 Å². The minimum Gasteiger partial charge on any atom is -0.351 e. The number of carbonyl (C=O) groups excluding carboxylic acids is 2. The molecule has 0 unspecified atom stereocenters. The highest BCUT2D eigenvalue weighted by Crippen LogP contribution is 2.35. The maximum absolute atomic E-state index is 12.7. The molecule has 29 heavy (non-hydrogen) atoms. The molecule has 0 spiro atoms. The molecule has 148 valence electrons. The van der Waals surface area contributed by atoms with E-state index < -0.39 is 0 Å². The number of anilines is 2. The standard InChI is InChI=1S/C20H21N7O2/c28-16(6-5-14-13-3-1-2-4-15(13)25-20(14)29)26-7-9-27(10-8-26)19-17-18(22-11-21-17)23-12-24-19/h1-4,11-12,14H,5-10H2,(H,25,29)(H,21,22,23,24)/t14-/m1/s1. The molecule has 3 aromatic rings. The molecule has 1 fully saturated rings. The van der Waals surface area contributed by atoms with E-state index in [1.165, 1.54) is 6.33 Å². The number of hydrogen-bond acceptors (Lipinski definition) is 6. The molecule has 0 radical (unpaired) electrons. The van der Waals surface area contributed by atoms with E-state index in [1.807, 2.05) is 29.2 Å². The molecule has 9 nitrogen and oxygen atoms in total. The second kappa shape index (κ2) is 7.16. The number of piperazine rings is 1. The van der Waals surface area contributed by atoms with Gasteiger partial charge in [0.15, 0.2) is 11.5 Å². The van der Waals surface area contributed by atoms with Gasteiger partial charge in [0, 0.05) is 38.3 Å². The fraction of sp³-hybridized carbons (Fsp3) is 0.350. The predicted molar refractivity (Wildman–Crippen MR) is 108 cm³/mol. The van der Waals surface area contributed by atoms with Crippen molar-refractivity contribution in [1.29, 1.82) is 0 Å². The van der Waals surface area contributed by atoms with Gasteiger partial charge in [-0.2, -0.15) is 0 Å². The van der Waals surface area contributed by atoms with Crippen LogP contribution >= 0.6 is 0 Å². The van der Waals surface area contributed by atoms with E-state index in [2.05, 4.69) is 30.2 Å². The summed E-state index contributed by atoms with van der Waals surface area (Å²) in [5.41, 5.74) is 3.31. The summed E-state index contributed by atoms with van der Waals surface area (Å²) < 4.78 is 0. The number of nitrogens with zero attached hydrogens (tertiary/aromatic N) is 5. The van der Waals surface area contributed by atoms with Crippen molar-refractivity contribution in [3.63, 3.8) is 0 Å². The van der Waals surface area contributed by atoms with Crippen LogP contribution in [0.25, 0.3) is 11.2 Å². The summed E-state index contributed by atoms with van der Waals surface area (Å²) in [5.74, 6) is 0.650. The van der Waals surface area contributed by atoms with Gasteiger partial charge in [0.25, 0.3) is 0 Å². The number of aromatic nitrogens is 4. The van der Waals surface area contributed by atoms with Crippen molar-refractivity contribution < 1.29 is 9.59 Å². The van der Waals surface area contributed by atoms with Crippen LogP contribution in [0.5, 0.6) is 0 Å². The molecule has 1 aromatic carbocycles. The maximum atomic E-state index is 12.7. The highest BCUT2D eigenvalue weighted by molar-refractivity contribution is 6.03. The van der Waals surface area contributed by atoms with Crippen molar-refractivity contribution in [2.24, 2.45) is 0 Å². The van der Waals surface area contributed by atoms with Crippen LogP contribution in [0.4, 0.5) is 11.5 Å². The van der Waals surface area contributed by atoms with E-state index in [4.69, 9.17) is 0 Å². The Morgan fingerprint density at radius 3 is 2.79 bits per heavy atom. The van der Waals surface area contributed by atoms with Gasteiger partial charge in [-0.05, 0) is 18.1 Å². The number of para-hydroxylation sites is 1. The molecule has 1 saturated heterocycles. The fourth-order valence-electron chi connectivity index (χ4n) is 4.15. The highest BCUT2D eigenvalue weighted by Gasteiger charge is 2.31. The Labute approximate surface area is 167 Å². The number of carbonyl (C=O) groups is 2. The first-order valence-corrected chi connectivity index (χ1v) is 9.77. The van der Waals surface area contributed by atoms with Crippen LogP contribution in [0.3, 0.4) is 0 Å². The molecule has 0 bridgehead atoms. The molecule has 9 heteroatoms. The quantitative estimate of drug-likeness (QED) is 0.698. The van der Waals surface area contributed by atoms with Gasteiger partial charge in [0.05, 0.1) is 12.2 Å². The van der Waals surface area contributed by atoms with Crippen molar-refractivity contribution >= 4 is 34.5 Å². The van der Waals surface area contributed by atoms with Gasteiger partial charge in [0.2, 0.25) is 11.8 Å². The number of fused-ring (bicyclic) bond motifs is 2. The molecule has 2 N–H and O–H groups in total. The predicted octanol–water partition coefficient (Wildman–Crippen LogP) is 1.52. The molecule has 1 atom stereocenters. The van der Waals surface area contributed by atoms with Crippen LogP contribution in [0.2, 0.25) is 0 Å². The lowest BCUT2D eigenvalue weighted by Crippen LogP contribution is -2.49. The monoisotopic (exact) mass is 391 g/mol. The van der Waals surface area contributed by atoms with Crippen LogP contribution < -0.4 is 10.2 Å². The normalized spacial score (nSPS) is 18.8.